The van der Waals surface area contributed by atoms with Gasteiger partial charge in [0.05, 0.1) is 0 Å². The van der Waals surface area contributed by atoms with Crippen LogP contribution < -0.4 is 4.74 Å². The van der Waals surface area contributed by atoms with Crippen LogP contribution in [0.5, 0.6) is 5.75 Å². The van der Waals surface area contributed by atoms with Crippen molar-refractivity contribution in [2.45, 2.75) is 77.7 Å². The molecule has 0 aliphatic heterocycles. The van der Waals surface area contributed by atoms with Gasteiger partial charge >= 0.3 is 6.61 Å². The van der Waals surface area contributed by atoms with Crippen LogP contribution in [0.4, 0.5) is 22.0 Å². The monoisotopic (exact) mass is 556 g/mol. The highest BCUT2D eigenvalue weighted by Crippen LogP contribution is 2.27. The Labute approximate surface area is 231 Å². The number of benzene rings is 3. The van der Waals surface area contributed by atoms with Crippen LogP contribution in [0.3, 0.4) is 0 Å². The van der Waals surface area contributed by atoms with Gasteiger partial charge in [0.2, 0.25) is 0 Å². The van der Waals surface area contributed by atoms with E-state index in [1.54, 1.807) is 12.1 Å². The fourth-order valence-electron chi connectivity index (χ4n) is 4.80. The fourth-order valence-corrected chi connectivity index (χ4v) is 4.80. The highest BCUT2D eigenvalue weighted by atomic mass is 19.3. The number of fused-ring (bicyclic) bond motifs is 1. The van der Waals surface area contributed by atoms with Crippen LogP contribution in [0, 0.1) is 17.5 Å². The molecule has 3 aromatic carbocycles. The molecule has 0 radical (unpaired) electrons. The van der Waals surface area contributed by atoms with Crippen LogP contribution in [-0.2, 0) is 32.1 Å². The standard InChI is InChI=1S/C32H33F5N2O/c1-2-3-4-5-6-7-23-19-38-29(39-20-23)15-10-21-9-14-26-25(16-21)13-12-24(30(26)35)11-8-22-17-27(33)31(28(34)18-22)40-32(36)37/h9,12-14,16-20,32H,2-8,10-11,15H2,1H3. The van der Waals surface area contributed by atoms with Crippen LogP contribution in [0.15, 0.2) is 54.9 Å². The normalized spacial score (nSPS) is 11.5. The molecule has 4 aromatic rings. The summed E-state index contributed by atoms with van der Waals surface area (Å²) >= 11 is 0. The number of nitrogens with zero attached hydrogens (tertiary/aromatic N) is 2. The first kappa shape index (κ1) is 29.4. The Morgan fingerprint density at radius 3 is 2.10 bits per heavy atom. The van der Waals surface area contributed by atoms with Gasteiger partial charge < -0.3 is 4.74 Å². The van der Waals surface area contributed by atoms with Gasteiger partial charge in [-0.2, -0.15) is 8.78 Å². The lowest BCUT2D eigenvalue weighted by Crippen LogP contribution is -2.06. The number of alkyl halides is 2. The molecule has 0 spiro atoms. The molecule has 1 heterocycles. The predicted octanol–water partition coefficient (Wildman–Crippen LogP) is 8.73. The third-order valence-electron chi connectivity index (χ3n) is 7.01. The fraction of sp³-hybridized carbons (Fsp3) is 0.375. The third-order valence-corrected chi connectivity index (χ3v) is 7.01. The zero-order valence-electron chi connectivity index (χ0n) is 22.5. The van der Waals surface area contributed by atoms with Crippen LogP contribution >= 0.6 is 0 Å². The molecule has 8 heteroatoms. The summed E-state index contributed by atoms with van der Waals surface area (Å²) in [5.41, 5.74) is 2.81. The summed E-state index contributed by atoms with van der Waals surface area (Å²) in [7, 11) is 0. The maximum atomic E-state index is 15.2. The highest BCUT2D eigenvalue weighted by Gasteiger charge is 2.17. The van der Waals surface area contributed by atoms with E-state index in [9.17, 15) is 17.6 Å². The molecule has 0 aliphatic carbocycles. The molecule has 0 unspecified atom stereocenters. The van der Waals surface area contributed by atoms with Gasteiger partial charge in [-0.25, -0.2) is 23.1 Å². The van der Waals surface area contributed by atoms with E-state index in [2.05, 4.69) is 21.6 Å². The zero-order chi connectivity index (χ0) is 28.5. The predicted molar refractivity (Wildman–Crippen MR) is 146 cm³/mol. The molecule has 0 saturated carbocycles. The number of aryl methyl sites for hydroxylation is 5. The molecule has 40 heavy (non-hydrogen) atoms. The van der Waals surface area contributed by atoms with E-state index in [1.165, 1.54) is 25.7 Å². The Hall–Kier alpha value is -3.55. The summed E-state index contributed by atoms with van der Waals surface area (Å²) in [4.78, 5) is 9.02. The average Bonchev–Trinajstić information content (AvgIpc) is 2.94. The molecule has 0 N–H and O–H groups in total. The maximum absolute atomic E-state index is 15.2. The minimum absolute atomic E-state index is 0.126. The van der Waals surface area contributed by atoms with Gasteiger partial charge in [-0.05, 0) is 71.9 Å². The van der Waals surface area contributed by atoms with Crippen molar-refractivity contribution in [3.05, 3.63) is 100 Å². The zero-order valence-corrected chi connectivity index (χ0v) is 22.5. The first-order valence-electron chi connectivity index (χ1n) is 13.8. The van der Waals surface area contributed by atoms with Crippen LogP contribution in [0.25, 0.3) is 10.8 Å². The van der Waals surface area contributed by atoms with Crippen molar-refractivity contribution in [1.82, 2.24) is 9.97 Å². The van der Waals surface area contributed by atoms with Crippen molar-refractivity contribution >= 4 is 10.8 Å². The summed E-state index contributed by atoms with van der Waals surface area (Å²) in [6.45, 7) is -1.13. The SMILES string of the molecule is CCCCCCCc1cnc(CCc2ccc3c(F)c(CCc4cc(F)c(OC(F)F)c(F)c4)ccc3c2)nc1. The number of hydrogen-bond donors (Lipinski definition) is 0. The van der Waals surface area contributed by atoms with Crippen molar-refractivity contribution in [2.75, 3.05) is 0 Å². The first-order chi connectivity index (χ1) is 19.3. The third kappa shape index (κ3) is 7.99. The largest absolute Gasteiger partial charge is 0.429 e. The molecule has 0 bridgehead atoms. The van der Waals surface area contributed by atoms with E-state index < -0.39 is 29.8 Å². The Kier molecular flexibility index (Phi) is 10.4. The second-order valence-corrected chi connectivity index (χ2v) is 10.0. The van der Waals surface area contributed by atoms with Crippen molar-refractivity contribution < 1.29 is 26.7 Å². The maximum Gasteiger partial charge on any atom is 0.387 e. The van der Waals surface area contributed by atoms with Gasteiger partial charge in [-0.1, -0.05) is 62.9 Å². The number of aromatic nitrogens is 2. The number of hydrogen-bond acceptors (Lipinski definition) is 3. The van der Waals surface area contributed by atoms with Crippen molar-refractivity contribution in [3.63, 3.8) is 0 Å². The second-order valence-electron chi connectivity index (χ2n) is 10.0. The van der Waals surface area contributed by atoms with Gasteiger partial charge in [-0.15, -0.1) is 0 Å². The lowest BCUT2D eigenvalue weighted by Gasteiger charge is -2.11. The van der Waals surface area contributed by atoms with Gasteiger partial charge in [0, 0.05) is 24.2 Å². The minimum Gasteiger partial charge on any atom is -0.429 e. The second kappa shape index (κ2) is 14.2. The molecule has 3 nitrogen and oxygen atoms in total. The topological polar surface area (TPSA) is 35.0 Å². The van der Waals surface area contributed by atoms with E-state index in [1.807, 2.05) is 30.6 Å². The number of rotatable bonds is 14. The summed E-state index contributed by atoms with van der Waals surface area (Å²) in [5, 5.41) is 1.21. The number of ether oxygens (including phenoxy) is 1. The van der Waals surface area contributed by atoms with Gasteiger partial charge in [-0.3, -0.25) is 0 Å². The van der Waals surface area contributed by atoms with Crippen LogP contribution in [-0.4, -0.2) is 16.6 Å². The average molecular weight is 557 g/mol. The van der Waals surface area contributed by atoms with Crippen molar-refractivity contribution in [2.24, 2.45) is 0 Å². The summed E-state index contributed by atoms with van der Waals surface area (Å²) < 4.78 is 71.8. The molecule has 1 aromatic heterocycles. The van der Waals surface area contributed by atoms with E-state index in [-0.39, 0.29) is 18.4 Å². The van der Waals surface area contributed by atoms with Crippen LogP contribution in [0.1, 0.15) is 67.1 Å². The molecule has 0 fully saturated rings. The van der Waals surface area contributed by atoms with E-state index in [0.717, 1.165) is 53.7 Å². The van der Waals surface area contributed by atoms with Gasteiger partial charge in [0.25, 0.3) is 0 Å². The quantitative estimate of drug-likeness (QED) is 0.115. The number of halogens is 5. The molecule has 212 valence electrons. The van der Waals surface area contributed by atoms with E-state index in [4.69, 9.17) is 0 Å². The molecular weight excluding hydrogens is 523 g/mol. The smallest absolute Gasteiger partial charge is 0.387 e. The van der Waals surface area contributed by atoms with E-state index >= 15 is 4.39 Å². The Balaban J connectivity index is 1.34. The molecule has 0 saturated heterocycles. The highest BCUT2D eigenvalue weighted by molar-refractivity contribution is 5.84. The molecular formula is C32H33F5N2O. The van der Waals surface area contributed by atoms with Gasteiger partial charge in [0.1, 0.15) is 11.6 Å². The van der Waals surface area contributed by atoms with Crippen molar-refractivity contribution in [1.29, 1.82) is 0 Å². The van der Waals surface area contributed by atoms with Gasteiger partial charge in [0.15, 0.2) is 17.4 Å². The molecule has 0 aliphatic rings. The Morgan fingerprint density at radius 2 is 1.40 bits per heavy atom. The molecule has 0 atom stereocenters. The summed E-state index contributed by atoms with van der Waals surface area (Å²) in [6, 6.07) is 10.9. The van der Waals surface area contributed by atoms with Crippen molar-refractivity contribution in [3.8, 4) is 5.75 Å². The first-order valence-corrected chi connectivity index (χ1v) is 13.8. The Morgan fingerprint density at radius 1 is 0.700 bits per heavy atom. The van der Waals surface area contributed by atoms with E-state index in [0.29, 0.717) is 17.4 Å². The minimum atomic E-state index is -3.34. The number of unbranched alkanes of at least 4 members (excludes halogenated alkanes) is 4. The summed E-state index contributed by atoms with van der Waals surface area (Å²) in [6.07, 6.45) is 12.7. The lowest BCUT2D eigenvalue weighted by molar-refractivity contribution is -0.0546. The molecule has 4 rings (SSSR count). The molecule has 0 amide bonds. The lowest BCUT2D eigenvalue weighted by atomic mass is 9.98. The van der Waals surface area contributed by atoms with Crippen LogP contribution in [0.2, 0.25) is 0 Å². The summed E-state index contributed by atoms with van der Waals surface area (Å²) in [5.74, 6) is -3.18. The Bertz CT molecular complexity index is 1390.